The first-order valence-electron chi connectivity index (χ1n) is 4.75. The molecule has 0 aromatic rings. The minimum Gasteiger partial charge on any atom is -0.344 e. The molecule has 0 aromatic carbocycles. The lowest BCUT2D eigenvalue weighted by molar-refractivity contribution is -0.122. The van der Waals surface area contributed by atoms with Crippen LogP contribution in [0.15, 0.2) is 0 Å². The van der Waals surface area contributed by atoms with Crippen LogP contribution in [-0.2, 0) is 15.6 Å². The highest BCUT2D eigenvalue weighted by Crippen LogP contribution is 1.91. The lowest BCUT2D eigenvalue weighted by Gasteiger charge is -2.15. The van der Waals surface area contributed by atoms with Crippen molar-refractivity contribution in [3.8, 4) is 12.3 Å². The first-order valence-corrected chi connectivity index (χ1v) is 6.38. The van der Waals surface area contributed by atoms with Gasteiger partial charge < -0.3 is 10.6 Å². The Hall–Kier alpha value is -0.860. The van der Waals surface area contributed by atoms with Gasteiger partial charge in [-0.3, -0.25) is 9.00 Å². The zero-order valence-corrected chi connectivity index (χ0v) is 10.2. The molecular formula is C10H18N2O2S. The third-order valence-electron chi connectivity index (χ3n) is 2.04. The second kappa shape index (κ2) is 7.43. The number of rotatable bonds is 6. The molecule has 0 bridgehead atoms. The monoisotopic (exact) mass is 230 g/mol. The first kappa shape index (κ1) is 14.1. The molecular weight excluding hydrogens is 212 g/mol. The van der Waals surface area contributed by atoms with E-state index in [-0.39, 0.29) is 23.7 Å². The van der Waals surface area contributed by atoms with Gasteiger partial charge in [0.25, 0.3) is 0 Å². The van der Waals surface area contributed by atoms with Gasteiger partial charge in [-0.15, -0.1) is 6.42 Å². The van der Waals surface area contributed by atoms with E-state index in [1.54, 1.807) is 13.2 Å². The number of nitrogens with one attached hydrogen (secondary N) is 2. The van der Waals surface area contributed by atoms with E-state index >= 15 is 0 Å². The molecule has 0 aliphatic heterocycles. The third-order valence-corrected chi connectivity index (χ3v) is 3.34. The molecule has 5 heteroatoms. The summed E-state index contributed by atoms with van der Waals surface area (Å²) in [5.41, 5.74) is 0. The molecule has 0 aliphatic carbocycles. The number of hydrogen-bond acceptors (Lipinski definition) is 3. The Morgan fingerprint density at radius 3 is 2.60 bits per heavy atom. The molecule has 0 rings (SSSR count). The fourth-order valence-electron chi connectivity index (χ4n) is 0.844. The Morgan fingerprint density at radius 1 is 1.53 bits per heavy atom. The SMILES string of the molecule is C#CCNC(=O)C(C)NCC(C)S(C)=O. The molecule has 4 nitrogen and oxygen atoms in total. The van der Waals surface area contributed by atoms with E-state index in [1.165, 1.54) is 0 Å². The molecule has 0 aliphatic rings. The maximum Gasteiger partial charge on any atom is 0.237 e. The number of carbonyl (C=O) groups excluding carboxylic acids is 1. The molecule has 0 spiro atoms. The van der Waals surface area contributed by atoms with Gasteiger partial charge in [-0.2, -0.15) is 0 Å². The molecule has 0 saturated carbocycles. The van der Waals surface area contributed by atoms with Crippen LogP contribution < -0.4 is 10.6 Å². The average molecular weight is 230 g/mol. The average Bonchev–Trinajstić information content (AvgIpc) is 2.21. The van der Waals surface area contributed by atoms with Gasteiger partial charge in [0.05, 0.1) is 12.6 Å². The highest BCUT2D eigenvalue weighted by Gasteiger charge is 2.13. The molecule has 3 unspecified atom stereocenters. The van der Waals surface area contributed by atoms with Gasteiger partial charge >= 0.3 is 0 Å². The van der Waals surface area contributed by atoms with Crippen LogP contribution in [0.25, 0.3) is 0 Å². The van der Waals surface area contributed by atoms with E-state index in [0.29, 0.717) is 6.54 Å². The summed E-state index contributed by atoms with van der Waals surface area (Å²) < 4.78 is 11.0. The van der Waals surface area contributed by atoms with Crippen LogP contribution in [0.1, 0.15) is 13.8 Å². The molecule has 3 atom stereocenters. The summed E-state index contributed by atoms with van der Waals surface area (Å²) >= 11 is 0. The van der Waals surface area contributed by atoms with Gasteiger partial charge in [0, 0.05) is 28.9 Å². The second-order valence-electron chi connectivity index (χ2n) is 3.36. The number of carbonyl (C=O) groups is 1. The Balaban J connectivity index is 3.83. The summed E-state index contributed by atoms with van der Waals surface area (Å²) in [7, 11) is -0.872. The van der Waals surface area contributed by atoms with E-state index in [4.69, 9.17) is 6.42 Å². The van der Waals surface area contributed by atoms with Gasteiger partial charge in [0.15, 0.2) is 0 Å². The van der Waals surface area contributed by atoms with Crippen LogP contribution in [0.5, 0.6) is 0 Å². The lowest BCUT2D eigenvalue weighted by atomic mass is 10.3. The van der Waals surface area contributed by atoms with Gasteiger partial charge in [-0.25, -0.2) is 0 Å². The van der Waals surface area contributed by atoms with Crippen molar-refractivity contribution < 1.29 is 9.00 Å². The van der Waals surface area contributed by atoms with Crippen molar-refractivity contribution in [2.45, 2.75) is 25.1 Å². The van der Waals surface area contributed by atoms with Gasteiger partial charge in [-0.05, 0) is 13.8 Å². The maximum atomic E-state index is 11.3. The summed E-state index contributed by atoms with van der Waals surface area (Å²) in [6, 6.07) is -0.315. The quantitative estimate of drug-likeness (QED) is 0.604. The van der Waals surface area contributed by atoms with Crippen LogP contribution in [-0.4, -0.2) is 40.8 Å². The molecule has 0 aromatic heterocycles. The van der Waals surface area contributed by atoms with Crippen molar-refractivity contribution in [1.82, 2.24) is 10.6 Å². The second-order valence-corrected chi connectivity index (χ2v) is 5.16. The molecule has 15 heavy (non-hydrogen) atoms. The van der Waals surface area contributed by atoms with E-state index in [2.05, 4.69) is 16.6 Å². The minimum absolute atomic E-state index is 0.0351. The first-order chi connectivity index (χ1) is 6.99. The predicted octanol–water partition coefficient (Wildman–Crippen LogP) is -0.519. The van der Waals surface area contributed by atoms with Crippen LogP contribution >= 0.6 is 0 Å². The lowest BCUT2D eigenvalue weighted by Crippen LogP contribution is -2.44. The normalized spacial score (nSPS) is 16.1. The van der Waals surface area contributed by atoms with Crippen LogP contribution in [0.3, 0.4) is 0 Å². The summed E-state index contributed by atoms with van der Waals surface area (Å²) in [6.45, 7) is 4.40. The van der Waals surface area contributed by atoms with E-state index in [0.717, 1.165) is 0 Å². The topological polar surface area (TPSA) is 58.2 Å². The van der Waals surface area contributed by atoms with Crippen molar-refractivity contribution in [3.63, 3.8) is 0 Å². The van der Waals surface area contributed by atoms with E-state index < -0.39 is 10.8 Å². The standard InChI is InChI=1S/C10H18N2O2S/c1-5-6-11-10(13)9(3)12-7-8(2)15(4)14/h1,8-9,12H,6-7H2,2-4H3,(H,11,13). The zero-order chi connectivity index (χ0) is 11.8. The molecule has 1 amide bonds. The summed E-state index contributed by atoms with van der Waals surface area (Å²) in [4.78, 5) is 11.3. The molecule has 0 saturated heterocycles. The third kappa shape index (κ3) is 6.26. The van der Waals surface area contributed by atoms with Crippen molar-refractivity contribution in [1.29, 1.82) is 0 Å². The molecule has 2 N–H and O–H groups in total. The van der Waals surface area contributed by atoms with Gasteiger partial charge in [-0.1, -0.05) is 5.92 Å². The van der Waals surface area contributed by atoms with E-state index in [9.17, 15) is 9.00 Å². The van der Waals surface area contributed by atoms with Crippen molar-refractivity contribution >= 4 is 16.7 Å². The summed E-state index contributed by atoms with van der Waals surface area (Å²) in [5, 5.41) is 5.61. The Morgan fingerprint density at radius 2 is 2.13 bits per heavy atom. The van der Waals surface area contributed by atoms with Gasteiger partial charge in [0.1, 0.15) is 0 Å². The smallest absolute Gasteiger partial charge is 0.237 e. The van der Waals surface area contributed by atoms with Crippen molar-refractivity contribution in [2.24, 2.45) is 0 Å². The van der Waals surface area contributed by atoms with Crippen LogP contribution in [0.4, 0.5) is 0 Å². The number of amides is 1. The highest BCUT2D eigenvalue weighted by atomic mass is 32.2. The summed E-state index contributed by atoms with van der Waals surface area (Å²) in [5.74, 6) is 2.19. The summed E-state index contributed by atoms with van der Waals surface area (Å²) in [6.07, 6.45) is 6.66. The number of terminal acetylenes is 1. The van der Waals surface area contributed by atoms with Gasteiger partial charge in [0.2, 0.25) is 5.91 Å². The molecule has 86 valence electrons. The Labute approximate surface area is 93.7 Å². The Kier molecular flexibility index (Phi) is 7.01. The van der Waals surface area contributed by atoms with Crippen molar-refractivity contribution in [3.05, 3.63) is 0 Å². The minimum atomic E-state index is -0.872. The largest absolute Gasteiger partial charge is 0.344 e. The zero-order valence-electron chi connectivity index (χ0n) is 9.37. The maximum absolute atomic E-state index is 11.3. The number of hydrogen-bond donors (Lipinski definition) is 2. The molecule has 0 heterocycles. The Bertz CT molecular complexity index is 273. The van der Waals surface area contributed by atoms with Crippen LogP contribution in [0, 0.1) is 12.3 Å². The van der Waals surface area contributed by atoms with Crippen LogP contribution in [0.2, 0.25) is 0 Å². The predicted molar refractivity (Wildman–Crippen MR) is 62.8 cm³/mol. The fourth-order valence-corrected chi connectivity index (χ4v) is 1.17. The molecule has 0 radical (unpaired) electrons. The molecule has 0 fully saturated rings. The van der Waals surface area contributed by atoms with Crippen molar-refractivity contribution in [2.75, 3.05) is 19.3 Å². The van der Waals surface area contributed by atoms with E-state index in [1.807, 2.05) is 6.92 Å². The highest BCUT2D eigenvalue weighted by molar-refractivity contribution is 7.84. The fraction of sp³-hybridized carbons (Fsp3) is 0.700.